The van der Waals surface area contributed by atoms with Crippen LogP contribution in [0.2, 0.25) is 0 Å². The maximum absolute atomic E-state index is 12.6. The fourth-order valence-electron chi connectivity index (χ4n) is 2.76. The van der Waals surface area contributed by atoms with Gasteiger partial charge in [-0.05, 0) is 18.1 Å². The Kier molecular flexibility index (Phi) is 3.73. The van der Waals surface area contributed by atoms with E-state index in [0.29, 0.717) is 23.4 Å². The van der Waals surface area contributed by atoms with Crippen molar-refractivity contribution in [1.82, 2.24) is 5.32 Å². The van der Waals surface area contributed by atoms with Crippen LogP contribution in [0.5, 0.6) is 0 Å². The van der Waals surface area contributed by atoms with Gasteiger partial charge in [-0.25, -0.2) is 8.42 Å². The summed E-state index contributed by atoms with van der Waals surface area (Å²) in [7, 11) is -3.42. The second-order valence-corrected chi connectivity index (χ2v) is 7.67. The lowest BCUT2D eigenvalue weighted by molar-refractivity contribution is -0.141. The van der Waals surface area contributed by atoms with Crippen molar-refractivity contribution < 1.29 is 23.1 Å². The molecule has 7 heteroatoms. The van der Waals surface area contributed by atoms with Crippen molar-refractivity contribution in [3.05, 3.63) is 29.8 Å². The van der Waals surface area contributed by atoms with Crippen LogP contribution in [0.1, 0.15) is 18.0 Å². The topological polar surface area (TPSA) is 92.7 Å². The average Bonchev–Trinajstić information content (AvgIpc) is 2.85. The number of hydrogen-bond acceptors (Lipinski definition) is 5. The first-order chi connectivity index (χ1) is 10.00. The Bertz CT molecular complexity index is 653. The number of nitrogens with one attached hydrogen (secondary N) is 1. The first kappa shape index (κ1) is 14.5. The van der Waals surface area contributed by atoms with Crippen LogP contribution in [0.25, 0.3) is 0 Å². The van der Waals surface area contributed by atoms with Crippen molar-refractivity contribution in [1.29, 1.82) is 0 Å². The summed E-state index contributed by atoms with van der Waals surface area (Å²) >= 11 is 0. The van der Waals surface area contributed by atoms with E-state index in [-0.39, 0.29) is 19.3 Å². The molecule has 0 bridgehead atoms. The van der Waals surface area contributed by atoms with E-state index in [0.717, 1.165) is 0 Å². The van der Waals surface area contributed by atoms with Crippen molar-refractivity contribution in [3.63, 3.8) is 0 Å². The van der Waals surface area contributed by atoms with E-state index < -0.39 is 27.0 Å². The maximum atomic E-state index is 12.6. The van der Waals surface area contributed by atoms with Gasteiger partial charge in [0.2, 0.25) is 0 Å². The largest absolute Gasteiger partial charge is 0.481 e. The molecule has 2 aliphatic rings. The van der Waals surface area contributed by atoms with Crippen LogP contribution in [0.15, 0.2) is 29.2 Å². The highest BCUT2D eigenvalue weighted by Gasteiger charge is 2.38. The minimum atomic E-state index is -3.42. The molecule has 2 unspecified atom stereocenters. The molecule has 2 aliphatic heterocycles. The zero-order valence-electron chi connectivity index (χ0n) is 11.4. The normalized spacial score (nSPS) is 26.5. The molecule has 0 spiro atoms. The molecule has 0 saturated carbocycles. The Morgan fingerprint density at radius 3 is 2.57 bits per heavy atom. The van der Waals surface area contributed by atoms with Gasteiger partial charge in [0.1, 0.15) is 5.25 Å². The quantitative estimate of drug-likeness (QED) is 0.845. The standard InChI is InChI=1S/C14H17NO5S/c16-14(17)9-5-12(15-6-9)11-3-1-2-4-13(11)21(18,19)10-7-20-8-10/h1-4,9-10,12,15H,5-8H2,(H,16,17). The predicted octanol–water partition coefficient (Wildman–Crippen LogP) is 0.594. The van der Waals surface area contributed by atoms with Gasteiger partial charge in [0, 0.05) is 12.6 Å². The zero-order valence-corrected chi connectivity index (χ0v) is 12.2. The third-order valence-corrected chi connectivity index (χ3v) is 6.26. The molecule has 3 rings (SSSR count). The van der Waals surface area contributed by atoms with Gasteiger partial charge in [0.25, 0.3) is 0 Å². The van der Waals surface area contributed by atoms with Crippen molar-refractivity contribution in [2.24, 2.45) is 5.92 Å². The highest BCUT2D eigenvalue weighted by molar-refractivity contribution is 7.92. The monoisotopic (exact) mass is 311 g/mol. The molecule has 2 fully saturated rings. The van der Waals surface area contributed by atoms with E-state index in [9.17, 15) is 13.2 Å². The molecule has 2 atom stereocenters. The number of ether oxygens (including phenoxy) is 1. The number of rotatable bonds is 4. The number of aliphatic carboxylic acids is 1. The average molecular weight is 311 g/mol. The molecule has 21 heavy (non-hydrogen) atoms. The van der Waals surface area contributed by atoms with E-state index in [4.69, 9.17) is 9.84 Å². The smallest absolute Gasteiger partial charge is 0.307 e. The minimum absolute atomic E-state index is 0.229. The lowest BCUT2D eigenvalue weighted by Gasteiger charge is -2.27. The third kappa shape index (κ3) is 2.56. The molecule has 0 aromatic heterocycles. The molecule has 6 nitrogen and oxygen atoms in total. The number of carboxylic acid groups (broad SMARTS) is 1. The Morgan fingerprint density at radius 1 is 1.29 bits per heavy atom. The van der Waals surface area contributed by atoms with Crippen LogP contribution in [0, 0.1) is 5.92 Å². The van der Waals surface area contributed by atoms with E-state index >= 15 is 0 Å². The Hall–Kier alpha value is -1.44. The van der Waals surface area contributed by atoms with Crippen molar-refractivity contribution in [2.75, 3.05) is 19.8 Å². The van der Waals surface area contributed by atoms with Gasteiger partial charge < -0.3 is 15.2 Å². The fourth-order valence-corrected chi connectivity index (χ4v) is 4.48. The molecule has 114 valence electrons. The van der Waals surface area contributed by atoms with Gasteiger partial charge in [-0.2, -0.15) is 0 Å². The van der Waals surface area contributed by atoms with Gasteiger partial charge >= 0.3 is 5.97 Å². The molecular weight excluding hydrogens is 294 g/mol. The van der Waals surface area contributed by atoms with Gasteiger partial charge in [0.15, 0.2) is 9.84 Å². The van der Waals surface area contributed by atoms with Crippen LogP contribution < -0.4 is 5.32 Å². The minimum Gasteiger partial charge on any atom is -0.481 e. The van der Waals surface area contributed by atoms with Crippen molar-refractivity contribution in [3.8, 4) is 0 Å². The number of sulfone groups is 1. The summed E-state index contributed by atoms with van der Waals surface area (Å²) in [5.74, 6) is -1.32. The molecule has 0 radical (unpaired) electrons. The van der Waals surface area contributed by atoms with E-state index in [2.05, 4.69) is 5.32 Å². The lowest BCUT2D eigenvalue weighted by Crippen LogP contribution is -2.41. The first-order valence-corrected chi connectivity index (χ1v) is 8.41. The summed E-state index contributed by atoms with van der Waals surface area (Å²) in [6.45, 7) is 0.819. The summed E-state index contributed by atoms with van der Waals surface area (Å²) in [6.07, 6.45) is 0.406. The third-order valence-electron chi connectivity index (χ3n) is 4.13. The van der Waals surface area contributed by atoms with Crippen LogP contribution in [0.4, 0.5) is 0 Å². The van der Waals surface area contributed by atoms with E-state index in [1.807, 2.05) is 0 Å². The van der Waals surface area contributed by atoms with Crippen LogP contribution >= 0.6 is 0 Å². The predicted molar refractivity (Wildman–Crippen MR) is 74.7 cm³/mol. The fraction of sp³-hybridized carbons (Fsp3) is 0.500. The molecule has 2 N–H and O–H groups in total. The van der Waals surface area contributed by atoms with Crippen molar-refractivity contribution >= 4 is 15.8 Å². The van der Waals surface area contributed by atoms with Crippen LogP contribution in [0.3, 0.4) is 0 Å². The summed E-state index contributed by atoms with van der Waals surface area (Å²) in [5, 5.41) is 11.7. The molecule has 2 heterocycles. The Labute approximate surface area is 123 Å². The zero-order chi connectivity index (χ0) is 15.0. The van der Waals surface area contributed by atoms with E-state index in [1.165, 1.54) is 0 Å². The molecule has 1 aromatic carbocycles. The number of carboxylic acids is 1. The molecule has 2 saturated heterocycles. The van der Waals surface area contributed by atoms with Crippen LogP contribution in [-0.4, -0.2) is 44.5 Å². The Balaban J connectivity index is 1.92. The lowest BCUT2D eigenvalue weighted by atomic mass is 10.0. The van der Waals surface area contributed by atoms with Crippen LogP contribution in [-0.2, 0) is 19.4 Å². The number of carbonyl (C=O) groups is 1. The number of hydrogen-bond donors (Lipinski definition) is 2. The first-order valence-electron chi connectivity index (χ1n) is 6.87. The highest BCUT2D eigenvalue weighted by Crippen LogP contribution is 2.33. The van der Waals surface area contributed by atoms with Crippen molar-refractivity contribution in [2.45, 2.75) is 22.6 Å². The molecule has 0 aliphatic carbocycles. The SMILES string of the molecule is O=C(O)C1CNC(c2ccccc2S(=O)(=O)C2COC2)C1. The van der Waals surface area contributed by atoms with Gasteiger partial charge in [-0.15, -0.1) is 0 Å². The van der Waals surface area contributed by atoms with Gasteiger partial charge in [-0.3, -0.25) is 4.79 Å². The summed E-state index contributed by atoms with van der Waals surface area (Å²) in [4.78, 5) is 11.3. The second-order valence-electron chi connectivity index (χ2n) is 5.47. The van der Waals surface area contributed by atoms with E-state index in [1.54, 1.807) is 24.3 Å². The Morgan fingerprint density at radius 2 is 2.00 bits per heavy atom. The second kappa shape index (κ2) is 5.40. The number of benzene rings is 1. The molecule has 1 aromatic rings. The van der Waals surface area contributed by atoms with Gasteiger partial charge in [-0.1, -0.05) is 18.2 Å². The highest BCUT2D eigenvalue weighted by atomic mass is 32.2. The van der Waals surface area contributed by atoms with Gasteiger partial charge in [0.05, 0.1) is 24.0 Å². The summed E-state index contributed by atoms with van der Waals surface area (Å²) < 4.78 is 30.2. The molecular formula is C14H17NO5S. The molecule has 0 amide bonds. The summed E-state index contributed by atoms with van der Waals surface area (Å²) in [5.41, 5.74) is 0.660. The summed E-state index contributed by atoms with van der Waals surface area (Å²) in [6, 6.07) is 6.59. The maximum Gasteiger partial charge on any atom is 0.307 e.